The van der Waals surface area contributed by atoms with Gasteiger partial charge in [-0.3, -0.25) is 9.59 Å². The summed E-state index contributed by atoms with van der Waals surface area (Å²) >= 11 is 0. The molecule has 2 aromatic carbocycles. The molecule has 0 saturated carbocycles. The number of hydrogen-bond donors (Lipinski definition) is 2. The first-order chi connectivity index (χ1) is 13.6. The highest BCUT2D eigenvalue weighted by molar-refractivity contribution is 6.05. The minimum atomic E-state index is -0.199. The van der Waals surface area contributed by atoms with E-state index in [1.807, 2.05) is 30.3 Å². The largest absolute Gasteiger partial charge is 0.455 e. The molecular weight excluding hydrogens is 388 g/mol. The molecule has 5 nitrogen and oxygen atoms in total. The molecule has 1 aromatic heterocycles. The molecule has 29 heavy (non-hydrogen) atoms. The summed E-state index contributed by atoms with van der Waals surface area (Å²) < 4.78 is 6.15. The number of piperidine rings is 1. The number of para-hydroxylation sites is 1. The molecule has 3 aromatic rings. The quantitative estimate of drug-likeness (QED) is 0.684. The van der Waals surface area contributed by atoms with Crippen LogP contribution in [0.25, 0.3) is 22.3 Å². The highest BCUT2D eigenvalue weighted by atomic mass is 35.5. The Morgan fingerprint density at radius 2 is 1.90 bits per heavy atom. The molecule has 4 rings (SSSR count). The second-order valence-corrected chi connectivity index (χ2v) is 7.48. The Bertz CT molecular complexity index is 1080. The molecule has 2 N–H and O–H groups in total. The van der Waals surface area contributed by atoms with Crippen molar-refractivity contribution in [3.05, 3.63) is 69.9 Å². The van der Waals surface area contributed by atoms with E-state index in [-0.39, 0.29) is 29.8 Å². The number of amides is 1. The lowest BCUT2D eigenvalue weighted by molar-refractivity contribution is 0.0915. The summed E-state index contributed by atoms with van der Waals surface area (Å²) in [5.74, 6) is 0.658. The van der Waals surface area contributed by atoms with Gasteiger partial charge in [-0.2, -0.15) is 0 Å². The van der Waals surface area contributed by atoms with E-state index in [0.29, 0.717) is 33.8 Å². The first kappa shape index (κ1) is 21.1. The van der Waals surface area contributed by atoms with Gasteiger partial charge >= 0.3 is 0 Å². The van der Waals surface area contributed by atoms with Crippen LogP contribution in [0.4, 0.5) is 0 Å². The van der Waals surface area contributed by atoms with Crippen LogP contribution in [0, 0.1) is 12.8 Å². The lowest BCUT2D eigenvalue weighted by atomic mass is 9.95. The van der Waals surface area contributed by atoms with Crippen molar-refractivity contribution in [2.75, 3.05) is 13.1 Å². The fraction of sp³-hybridized carbons (Fsp3) is 0.304. The van der Waals surface area contributed by atoms with Crippen LogP contribution < -0.4 is 16.1 Å². The minimum absolute atomic E-state index is 0. The molecule has 2 unspecified atom stereocenters. The van der Waals surface area contributed by atoms with Gasteiger partial charge in [0.15, 0.2) is 11.0 Å². The summed E-state index contributed by atoms with van der Waals surface area (Å²) in [6.45, 7) is 5.65. The topological polar surface area (TPSA) is 71.3 Å². The van der Waals surface area contributed by atoms with Crippen molar-refractivity contribution in [2.45, 2.75) is 26.3 Å². The summed E-state index contributed by atoms with van der Waals surface area (Å²) in [4.78, 5) is 26.0. The van der Waals surface area contributed by atoms with Gasteiger partial charge < -0.3 is 15.1 Å². The molecule has 1 fully saturated rings. The number of carbonyl (C=O) groups excluding carboxylic acids is 1. The smallest absolute Gasteiger partial charge is 0.255 e. The summed E-state index contributed by atoms with van der Waals surface area (Å²) in [6, 6.07) is 14.8. The zero-order chi connectivity index (χ0) is 19.7. The third-order valence-electron chi connectivity index (χ3n) is 5.53. The predicted octanol–water partition coefficient (Wildman–Crippen LogP) is 3.92. The van der Waals surface area contributed by atoms with Gasteiger partial charge in [-0.1, -0.05) is 43.3 Å². The summed E-state index contributed by atoms with van der Waals surface area (Å²) in [5.41, 5.74) is 2.00. The predicted molar refractivity (Wildman–Crippen MR) is 118 cm³/mol. The van der Waals surface area contributed by atoms with Crippen molar-refractivity contribution in [3.63, 3.8) is 0 Å². The first-order valence-corrected chi connectivity index (χ1v) is 9.69. The molecule has 0 bridgehead atoms. The number of halogens is 1. The van der Waals surface area contributed by atoms with Gasteiger partial charge in [0, 0.05) is 17.2 Å². The SMILES string of the molecule is Cc1c(-c2ccccc2)oc2c(C(=O)NC3CCNCC3C)cccc2c1=O.Cl. The number of carbonyl (C=O) groups is 1. The molecule has 1 aliphatic rings. The molecule has 6 heteroatoms. The molecule has 1 amide bonds. The molecule has 1 aliphatic heterocycles. The van der Waals surface area contributed by atoms with Crippen molar-refractivity contribution in [1.82, 2.24) is 10.6 Å². The maximum absolute atomic E-state index is 13.0. The standard InChI is InChI=1S/C23H24N2O3.ClH/c1-14-13-24-12-11-19(14)25-23(27)18-10-6-9-17-20(26)15(2)21(28-22(17)18)16-7-4-3-5-8-16;/h3-10,14,19,24H,11-13H2,1-2H3,(H,25,27);1H. The van der Waals surface area contributed by atoms with E-state index in [2.05, 4.69) is 17.6 Å². The van der Waals surface area contributed by atoms with E-state index in [4.69, 9.17) is 4.42 Å². The van der Waals surface area contributed by atoms with E-state index >= 15 is 0 Å². The van der Waals surface area contributed by atoms with Gasteiger partial charge in [0.25, 0.3) is 5.91 Å². The number of nitrogens with one attached hydrogen (secondary N) is 2. The summed E-state index contributed by atoms with van der Waals surface area (Å²) in [6.07, 6.45) is 0.885. The minimum Gasteiger partial charge on any atom is -0.455 e. The van der Waals surface area contributed by atoms with Crippen LogP contribution in [0.1, 0.15) is 29.3 Å². The maximum atomic E-state index is 13.0. The molecule has 2 atom stereocenters. The zero-order valence-corrected chi connectivity index (χ0v) is 17.3. The molecule has 0 spiro atoms. The molecule has 152 valence electrons. The number of benzene rings is 2. The monoisotopic (exact) mass is 412 g/mol. The Morgan fingerprint density at radius 1 is 1.14 bits per heavy atom. The number of rotatable bonds is 3. The Labute approximate surface area is 175 Å². The lowest BCUT2D eigenvalue weighted by Gasteiger charge is -2.30. The van der Waals surface area contributed by atoms with Crippen LogP contribution in [0.3, 0.4) is 0 Å². The van der Waals surface area contributed by atoms with Gasteiger partial charge in [-0.05, 0) is 44.5 Å². The second kappa shape index (κ2) is 8.80. The Hall–Kier alpha value is -2.63. The molecule has 0 aliphatic carbocycles. The molecule has 0 radical (unpaired) electrons. The molecule has 2 heterocycles. The average Bonchev–Trinajstić information content (AvgIpc) is 2.72. The first-order valence-electron chi connectivity index (χ1n) is 9.69. The van der Waals surface area contributed by atoms with Crippen LogP contribution in [-0.4, -0.2) is 25.0 Å². The van der Waals surface area contributed by atoms with Crippen molar-refractivity contribution < 1.29 is 9.21 Å². The third-order valence-corrected chi connectivity index (χ3v) is 5.53. The maximum Gasteiger partial charge on any atom is 0.255 e. The summed E-state index contributed by atoms with van der Waals surface area (Å²) in [5, 5.41) is 6.90. The summed E-state index contributed by atoms with van der Waals surface area (Å²) in [7, 11) is 0. The number of hydrogen-bond acceptors (Lipinski definition) is 4. The van der Waals surface area contributed by atoms with Gasteiger partial charge in [0.2, 0.25) is 0 Å². The highest BCUT2D eigenvalue weighted by Gasteiger charge is 2.25. The van der Waals surface area contributed by atoms with Crippen molar-refractivity contribution in [2.24, 2.45) is 5.92 Å². The number of fused-ring (bicyclic) bond motifs is 1. The van der Waals surface area contributed by atoms with E-state index in [1.54, 1.807) is 25.1 Å². The van der Waals surface area contributed by atoms with Crippen molar-refractivity contribution in [3.8, 4) is 11.3 Å². The second-order valence-electron chi connectivity index (χ2n) is 7.48. The van der Waals surface area contributed by atoms with Gasteiger partial charge in [-0.15, -0.1) is 12.4 Å². The van der Waals surface area contributed by atoms with E-state index in [9.17, 15) is 9.59 Å². The Balaban J connectivity index is 0.00000240. The Morgan fingerprint density at radius 3 is 2.62 bits per heavy atom. The normalized spacial score (nSPS) is 18.8. The molecule has 1 saturated heterocycles. The van der Waals surface area contributed by atoms with Gasteiger partial charge in [0.05, 0.1) is 10.9 Å². The van der Waals surface area contributed by atoms with Crippen molar-refractivity contribution >= 4 is 29.3 Å². The van der Waals surface area contributed by atoms with E-state index in [0.717, 1.165) is 25.1 Å². The molecular formula is C23H25ClN2O3. The van der Waals surface area contributed by atoms with Crippen LogP contribution in [0.5, 0.6) is 0 Å². The average molecular weight is 413 g/mol. The van der Waals surface area contributed by atoms with E-state index in [1.165, 1.54) is 0 Å². The van der Waals surface area contributed by atoms with Crippen LogP contribution in [0.15, 0.2) is 57.7 Å². The van der Waals surface area contributed by atoms with Crippen LogP contribution in [0.2, 0.25) is 0 Å². The van der Waals surface area contributed by atoms with Gasteiger partial charge in [0.1, 0.15) is 5.76 Å². The third kappa shape index (κ3) is 4.07. The fourth-order valence-electron chi connectivity index (χ4n) is 3.83. The van der Waals surface area contributed by atoms with E-state index < -0.39 is 0 Å². The highest BCUT2D eigenvalue weighted by Crippen LogP contribution is 2.27. The fourth-order valence-corrected chi connectivity index (χ4v) is 3.83. The Kier molecular flexibility index (Phi) is 6.40. The van der Waals surface area contributed by atoms with Crippen LogP contribution in [-0.2, 0) is 0 Å². The van der Waals surface area contributed by atoms with Gasteiger partial charge in [-0.25, -0.2) is 0 Å². The van der Waals surface area contributed by atoms with Crippen molar-refractivity contribution in [1.29, 1.82) is 0 Å². The zero-order valence-electron chi connectivity index (χ0n) is 16.5. The van der Waals surface area contributed by atoms with Crippen LogP contribution >= 0.6 is 12.4 Å². The lowest BCUT2D eigenvalue weighted by Crippen LogP contribution is -2.48.